The van der Waals surface area contributed by atoms with Gasteiger partial charge in [-0.1, -0.05) is 5.21 Å². The maximum Gasteiger partial charge on any atom is 0.162 e. The average molecular weight is 275 g/mol. The van der Waals surface area contributed by atoms with Crippen LogP contribution in [0.15, 0.2) is 18.2 Å². The third kappa shape index (κ3) is 2.12. The molecule has 2 aromatic rings. The number of aliphatic hydroxyl groups excluding tert-OH is 1. The van der Waals surface area contributed by atoms with E-state index in [4.69, 9.17) is 9.47 Å². The summed E-state index contributed by atoms with van der Waals surface area (Å²) in [4.78, 5) is 0. The van der Waals surface area contributed by atoms with Gasteiger partial charge in [-0.15, -0.1) is 5.10 Å². The van der Waals surface area contributed by atoms with Crippen molar-refractivity contribution in [2.75, 3.05) is 14.2 Å². The fourth-order valence-corrected chi connectivity index (χ4v) is 2.35. The monoisotopic (exact) mass is 275 g/mol. The molecule has 0 radical (unpaired) electrons. The molecule has 0 unspecified atom stereocenters. The quantitative estimate of drug-likeness (QED) is 0.898. The fourth-order valence-electron chi connectivity index (χ4n) is 2.35. The Kier molecular flexibility index (Phi) is 3.31. The van der Waals surface area contributed by atoms with Crippen LogP contribution in [0.2, 0.25) is 0 Å². The number of hydrogen-bond acceptors (Lipinski definition) is 5. The summed E-state index contributed by atoms with van der Waals surface area (Å²) in [6.45, 7) is -0.0842. The van der Waals surface area contributed by atoms with Gasteiger partial charge in [-0.25, -0.2) is 4.68 Å². The van der Waals surface area contributed by atoms with Gasteiger partial charge < -0.3 is 14.6 Å². The number of aromatic nitrogens is 3. The highest BCUT2D eigenvalue weighted by Gasteiger charge is 2.31. The Morgan fingerprint density at radius 1 is 1.25 bits per heavy atom. The van der Waals surface area contributed by atoms with Crippen molar-refractivity contribution in [3.8, 4) is 17.2 Å². The first-order chi connectivity index (χ1) is 9.78. The molecule has 1 N–H and O–H groups in total. The summed E-state index contributed by atoms with van der Waals surface area (Å²) in [5.74, 6) is 1.76. The van der Waals surface area contributed by atoms with E-state index in [-0.39, 0.29) is 6.61 Å². The van der Waals surface area contributed by atoms with Crippen LogP contribution >= 0.6 is 0 Å². The van der Waals surface area contributed by atoms with Crippen molar-refractivity contribution in [3.05, 3.63) is 29.6 Å². The lowest BCUT2D eigenvalue weighted by molar-refractivity contribution is 0.275. The van der Waals surface area contributed by atoms with E-state index in [0.29, 0.717) is 23.1 Å². The number of rotatable bonds is 5. The molecule has 3 rings (SSSR count). The van der Waals surface area contributed by atoms with Crippen LogP contribution in [-0.2, 0) is 6.61 Å². The van der Waals surface area contributed by atoms with Gasteiger partial charge in [-0.3, -0.25) is 0 Å². The third-order valence-corrected chi connectivity index (χ3v) is 3.50. The van der Waals surface area contributed by atoms with Gasteiger partial charge in [0, 0.05) is 12.0 Å². The minimum atomic E-state index is -0.0842. The fraction of sp³-hybridized carbons (Fsp3) is 0.429. The maximum absolute atomic E-state index is 9.38. The predicted molar refractivity (Wildman–Crippen MR) is 72.4 cm³/mol. The molecule has 1 aliphatic carbocycles. The van der Waals surface area contributed by atoms with E-state index in [2.05, 4.69) is 10.3 Å². The number of nitrogens with zero attached hydrogens (tertiary/aromatic N) is 3. The van der Waals surface area contributed by atoms with Crippen LogP contribution in [0.5, 0.6) is 11.5 Å². The lowest BCUT2D eigenvalue weighted by Gasteiger charge is -2.11. The number of hydrogen-bond donors (Lipinski definition) is 1. The summed E-state index contributed by atoms with van der Waals surface area (Å²) >= 11 is 0. The molecule has 6 heteroatoms. The molecule has 1 heterocycles. The summed E-state index contributed by atoms with van der Waals surface area (Å²) in [6, 6.07) is 5.61. The number of ether oxygens (including phenoxy) is 2. The lowest BCUT2D eigenvalue weighted by atomic mass is 10.2. The summed E-state index contributed by atoms with van der Waals surface area (Å²) in [5, 5.41) is 17.6. The molecule has 0 aliphatic heterocycles. The molecule has 0 spiro atoms. The van der Waals surface area contributed by atoms with Crippen molar-refractivity contribution >= 4 is 0 Å². The second-order valence-electron chi connectivity index (χ2n) is 4.80. The topological polar surface area (TPSA) is 69.4 Å². The van der Waals surface area contributed by atoms with Crippen molar-refractivity contribution in [2.24, 2.45) is 0 Å². The Bertz CT molecular complexity index is 620. The molecule has 0 atom stereocenters. The smallest absolute Gasteiger partial charge is 0.162 e. The normalized spacial score (nSPS) is 14.3. The Hall–Kier alpha value is -2.08. The van der Waals surface area contributed by atoms with Crippen molar-refractivity contribution in [3.63, 3.8) is 0 Å². The zero-order chi connectivity index (χ0) is 14.1. The summed E-state index contributed by atoms with van der Waals surface area (Å²) in [5.41, 5.74) is 2.51. The Morgan fingerprint density at radius 3 is 2.60 bits per heavy atom. The molecule has 1 aliphatic rings. The highest BCUT2D eigenvalue weighted by Crippen LogP contribution is 2.42. The Balaban J connectivity index is 2.07. The standard InChI is InChI=1S/C14H17N3O3/c1-19-12-6-5-10(7-13(12)20-2)17-14(9-3-4-9)11(8-18)15-16-17/h5-7,9,18H,3-4,8H2,1-2H3. The van der Waals surface area contributed by atoms with Gasteiger partial charge in [-0.05, 0) is 25.0 Å². The molecule has 0 bridgehead atoms. The van der Waals surface area contributed by atoms with Gasteiger partial charge in [0.1, 0.15) is 5.69 Å². The minimum Gasteiger partial charge on any atom is -0.493 e. The highest BCUT2D eigenvalue weighted by molar-refractivity contribution is 5.49. The number of benzene rings is 1. The van der Waals surface area contributed by atoms with Crippen molar-refractivity contribution in [2.45, 2.75) is 25.4 Å². The first-order valence-corrected chi connectivity index (χ1v) is 6.56. The van der Waals surface area contributed by atoms with Crippen LogP contribution in [0.3, 0.4) is 0 Å². The second-order valence-corrected chi connectivity index (χ2v) is 4.80. The summed E-state index contributed by atoms with van der Waals surface area (Å²) < 4.78 is 12.3. The first kappa shape index (κ1) is 12.9. The Labute approximate surface area is 116 Å². The number of methoxy groups -OCH3 is 2. The zero-order valence-corrected chi connectivity index (χ0v) is 11.5. The van der Waals surface area contributed by atoms with Gasteiger partial charge >= 0.3 is 0 Å². The molecular weight excluding hydrogens is 258 g/mol. The van der Waals surface area contributed by atoms with Crippen molar-refractivity contribution in [1.82, 2.24) is 15.0 Å². The molecule has 6 nitrogen and oxygen atoms in total. The molecule has 1 aromatic heterocycles. The molecule has 20 heavy (non-hydrogen) atoms. The second kappa shape index (κ2) is 5.13. The van der Waals surface area contributed by atoms with Crippen LogP contribution in [0.4, 0.5) is 0 Å². The van der Waals surface area contributed by atoms with Gasteiger partial charge in [0.25, 0.3) is 0 Å². The van der Waals surface area contributed by atoms with Gasteiger partial charge in [0.2, 0.25) is 0 Å². The van der Waals surface area contributed by atoms with E-state index in [1.807, 2.05) is 18.2 Å². The van der Waals surface area contributed by atoms with Crippen LogP contribution in [-0.4, -0.2) is 34.3 Å². The molecule has 1 aromatic carbocycles. The van der Waals surface area contributed by atoms with E-state index in [9.17, 15) is 5.11 Å². The molecule has 0 amide bonds. The molecule has 106 valence electrons. The SMILES string of the molecule is COc1ccc(-n2nnc(CO)c2C2CC2)cc1OC. The maximum atomic E-state index is 9.38. The molecule has 1 saturated carbocycles. The van der Waals surface area contributed by atoms with Gasteiger partial charge in [0.05, 0.1) is 32.2 Å². The molecule has 1 fully saturated rings. The average Bonchev–Trinajstić information content (AvgIpc) is 3.25. The highest BCUT2D eigenvalue weighted by atomic mass is 16.5. The predicted octanol–water partition coefficient (Wildman–Crippen LogP) is 1.65. The van der Waals surface area contributed by atoms with Gasteiger partial charge in [-0.2, -0.15) is 0 Å². The van der Waals surface area contributed by atoms with Gasteiger partial charge in [0.15, 0.2) is 11.5 Å². The largest absolute Gasteiger partial charge is 0.493 e. The van der Waals surface area contributed by atoms with E-state index in [1.165, 1.54) is 0 Å². The first-order valence-electron chi connectivity index (χ1n) is 6.56. The van der Waals surface area contributed by atoms with Crippen LogP contribution < -0.4 is 9.47 Å². The third-order valence-electron chi connectivity index (χ3n) is 3.50. The molecular formula is C14H17N3O3. The summed E-state index contributed by atoms with van der Waals surface area (Å²) in [7, 11) is 3.20. The van der Waals surface area contributed by atoms with Crippen LogP contribution in [0.1, 0.15) is 30.1 Å². The zero-order valence-electron chi connectivity index (χ0n) is 11.5. The summed E-state index contributed by atoms with van der Waals surface area (Å²) in [6.07, 6.45) is 2.24. The molecule has 0 saturated heterocycles. The van der Waals surface area contributed by atoms with Crippen molar-refractivity contribution < 1.29 is 14.6 Å². The number of aliphatic hydroxyl groups is 1. The van der Waals surface area contributed by atoms with E-state index >= 15 is 0 Å². The van der Waals surface area contributed by atoms with E-state index in [1.54, 1.807) is 18.9 Å². The Morgan fingerprint density at radius 2 is 2.00 bits per heavy atom. The van der Waals surface area contributed by atoms with Crippen molar-refractivity contribution in [1.29, 1.82) is 0 Å². The van der Waals surface area contributed by atoms with E-state index in [0.717, 1.165) is 24.2 Å². The van der Waals surface area contributed by atoms with Crippen LogP contribution in [0.25, 0.3) is 5.69 Å². The minimum absolute atomic E-state index is 0.0842. The van der Waals surface area contributed by atoms with Crippen LogP contribution in [0, 0.1) is 0 Å². The van der Waals surface area contributed by atoms with E-state index < -0.39 is 0 Å². The lowest BCUT2D eigenvalue weighted by Crippen LogP contribution is -2.03.